The number of halogens is 2. The van der Waals surface area contributed by atoms with E-state index in [-0.39, 0.29) is 15.5 Å². The van der Waals surface area contributed by atoms with Gasteiger partial charge >= 0.3 is 0 Å². The largest absolute Gasteiger partial charge is 0.320 e. The Hall–Kier alpha value is -2.23. The number of nitrogens with zero attached hydrogens (tertiary/aromatic N) is 3. The number of amides is 1. The molecule has 0 aliphatic carbocycles. The monoisotopic (exact) mass is 454 g/mol. The van der Waals surface area contributed by atoms with Gasteiger partial charge in [0.05, 0.1) is 26.9 Å². The average Bonchev–Trinajstić information content (AvgIpc) is 3.08. The maximum Gasteiger partial charge on any atom is 0.257 e. The third-order valence-corrected chi connectivity index (χ3v) is 5.42. The highest BCUT2D eigenvalue weighted by Crippen LogP contribution is 2.27. The van der Waals surface area contributed by atoms with E-state index in [4.69, 9.17) is 11.6 Å². The van der Waals surface area contributed by atoms with Gasteiger partial charge in [-0.1, -0.05) is 27.5 Å². The number of carbonyl (C=O) groups excluding carboxylic acids is 1. The maximum atomic E-state index is 12.7. The van der Waals surface area contributed by atoms with Crippen molar-refractivity contribution in [3.63, 3.8) is 0 Å². The molecule has 0 saturated heterocycles. The van der Waals surface area contributed by atoms with E-state index in [1.54, 1.807) is 18.2 Å². The molecule has 0 fully saturated rings. The third kappa shape index (κ3) is 3.95. The first-order chi connectivity index (χ1) is 12.3. The van der Waals surface area contributed by atoms with Gasteiger partial charge in [0.1, 0.15) is 12.7 Å². The highest BCUT2D eigenvalue weighted by molar-refractivity contribution is 9.10. The van der Waals surface area contributed by atoms with Gasteiger partial charge in [0.15, 0.2) is 9.84 Å². The number of aromatic nitrogens is 3. The summed E-state index contributed by atoms with van der Waals surface area (Å²) in [6, 6.07) is 9.23. The fourth-order valence-electron chi connectivity index (χ4n) is 2.24. The molecule has 0 radical (unpaired) electrons. The van der Waals surface area contributed by atoms with E-state index in [1.807, 2.05) is 0 Å². The molecule has 0 aliphatic rings. The molecule has 134 valence electrons. The second kappa shape index (κ2) is 7.18. The molecule has 1 aromatic heterocycles. The van der Waals surface area contributed by atoms with Crippen LogP contribution in [0.4, 0.5) is 5.69 Å². The summed E-state index contributed by atoms with van der Waals surface area (Å²) in [5.41, 5.74) is 1.10. The number of rotatable bonds is 4. The van der Waals surface area contributed by atoms with Crippen LogP contribution in [0.25, 0.3) is 5.69 Å². The van der Waals surface area contributed by atoms with Gasteiger partial charge in [0, 0.05) is 10.7 Å². The highest BCUT2D eigenvalue weighted by atomic mass is 79.9. The Morgan fingerprint density at radius 2 is 2.00 bits per heavy atom. The summed E-state index contributed by atoms with van der Waals surface area (Å²) in [5, 5.41) is 6.94. The van der Waals surface area contributed by atoms with Crippen molar-refractivity contribution in [2.24, 2.45) is 0 Å². The molecule has 10 heteroatoms. The molecule has 0 aliphatic heterocycles. The zero-order valence-corrected chi connectivity index (χ0v) is 16.5. The topological polar surface area (TPSA) is 94.0 Å². The van der Waals surface area contributed by atoms with Crippen molar-refractivity contribution in [1.29, 1.82) is 0 Å². The predicted octanol–water partition coefficient (Wildman–Crippen LogP) is 3.34. The summed E-state index contributed by atoms with van der Waals surface area (Å²) in [5.74, 6) is -0.542. The Bertz CT molecular complexity index is 1080. The Balaban J connectivity index is 2.00. The highest BCUT2D eigenvalue weighted by Gasteiger charge is 2.17. The van der Waals surface area contributed by atoms with E-state index in [2.05, 4.69) is 31.3 Å². The lowest BCUT2D eigenvalue weighted by atomic mass is 10.2. The van der Waals surface area contributed by atoms with Gasteiger partial charge in [0.2, 0.25) is 0 Å². The Morgan fingerprint density at radius 1 is 1.23 bits per heavy atom. The fourth-order valence-corrected chi connectivity index (χ4v) is 3.45. The van der Waals surface area contributed by atoms with Crippen LogP contribution in [-0.2, 0) is 9.84 Å². The minimum absolute atomic E-state index is 0.0118. The van der Waals surface area contributed by atoms with Crippen molar-refractivity contribution >= 4 is 49.0 Å². The number of hydrogen-bond acceptors (Lipinski definition) is 5. The molecule has 2 aromatic carbocycles. The summed E-state index contributed by atoms with van der Waals surface area (Å²) in [4.78, 5) is 16.6. The SMILES string of the molecule is CS(=O)(=O)c1ccc(Cl)c(C(=O)Nc2cc(Br)ccc2-n2cncn2)c1. The van der Waals surface area contributed by atoms with Crippen molar-refractivity contribution in [3.05, 3.63) is 64.1 Å². The number of sulfone groups is 1. The summed E-state index contributed by atoms with van der Waals surface area (Å²) in [7, 11) is -3.47. The van der Waals surface area contributed by atoms with Crippen LogP contribution in [0, 0.1) is 0 Å². The van der Waals surface area contributed by atoms with Crippen LogP contribution in [0.3, 0.4) is 0 Å². The summed E-state index contributed by atoms with van der Waals surface area (Å²) < 4.78 is 25.7. The molecule has 7 nitrogen and oxygen atoms in total. The lowest BCUT2D eigenvalue weighted by Gasteiger charge is -2.12. The quantitative estimate of drug-likeness (QED) is 0.651. The molecule has 1 N–H and O–H groups in total. The van der Waals surface area contributed by atoms with Crippen molar-refractivity contribution in [2.45, 2.75) is 4.90 Å². The standard InChI is InChI=1S/C16H12BrClN4O3S/c1-26(24,25)11-3-4-13(18)12(7-11)16(23)21-14-6-10(17)2-5-15(14)22-9-19-8-20-22/h2-9H,1H3,(H,21,23). The van der Waals surface area contributed by atoms with Crippen LogP contribution in [0.15, 0.2) is 58.4 Å². The van der Waals surface area contributed by atoms with E-state index < -0.39 is 15.7 Å². The predicted molar refractivity (Wildman–Crippen MR) is 102 cm³/mol. The van der Waals surface area contributed by atoms with Gasteiger partial charge in [-0.25, -0.2) is 18.1 Å². The molecule has 0 bridgehead atoms. The fraction of sp³-hybridized carbons (Fsp3) is 0.0625. The number of hydrogen-bond donors (Lipinski definition) is 1. The van der Waals surface area contributed by atoms with E-state index in [1.165, 1.54) is 35.5 Å². The lowest BCUT2D eigenvalue weighted by Crippen LogP contribution is -2.15. The van der Waals surface area contributed by atoms with Gasteiger partial charge < -0.3 is 5.32 Å². The van der Waals surface area contributed by atoms with Gasteiger partial charge in [0.25, 0.3) is 5.91 Å². The zero-order chi connectivity index (χ0) is 18.9. The Morgan fingerprint density at radius 3 is 2.65 bits per heavy atom. The molecule has 0 atom stereocenters. The second-order valence-corrected chi connectivity index (χ2v) is 8.71. The van der Waals surface area contributed by atoms with E-state index >= 15 is 0 Å². The molecule has 3 aromatic rings. The minimum Gasteiger partial charge on any atom is -0.320 e. The molecule has 1 amide bonds. The molecular formula is C16H12BrClN4O3S. The number of anilines is 1. The molecule has 0 saturated carbocycles. The van der Waals surface area contributed by atoms with E-state index in [0.717, 1.165) is 10.7 Å². The van der Waals surface area contributed by atoms with Gasteiger partial charge in [-0.05, 0) is 36.4 Å². The van der Waals surface area contributed by atoms with Crippen molar-refractivity contribution < 1.29 is 13.2 Å². The van der Waals surface area contributed by atoms with E-state index in [9.17, 15) is 13.2 Å². The maximum absolute atomic E-state index is 12.7. The molecule has 3 rings (SSSR count). The number of benzene rings is 2. The van der Waals surface area contributed by atoms with Crippen molar-refractivity contribution in [2.75, 3.05) is 11.6 Å². The minimum atomic E-state index is -3.47. The second-order valence-electron chi connectivity index (χ2n) is 5.37. The van der Waals surface area contributed by atoms with Crippen molar-refractivity contribution in [3.8, 4) is 5.69 Å². The number of nitrogens with one attached hydrogen (secondary N) is 1. The normalized spacial score (nSPS) is 11.3. The molecule has 26 heavy (non-hydrogen) atoms. The van der Waals surface area contributed by atoms with Crippen LogP contribution in [0.2, 0.25) is 5.02 Å². The van der Waals surface area contributed by atoms with Gasteiger partial charge in [-0.3, -0.25) is 4.79 Å². The Kier molecular flexibility index (Phi) is 5.12. The van der Waals surface area contributed by atoms with Gasteiger partial charge in [-0.15, -0.1) is 0 Å². The molecule has 0 unspecified atom stereocenters. The molecule has 0 spiro atoms. The zero-order valence-electron chi connectivity index (χ0n) is 13.3. The first-order valence-electron chi connectivity index (χ1n) is 7.21. The first kappa shape index (κ1) is 18.6. The average molecular weight is 456 g/mol. The Labute approximate surface area is 163 Å². The van der Waals surface area contributed by atoms with Crippen LogP contribution in [0.5, 0.6) is 0 Å². The summed E-state index contributed by atoms with van der Waals surface area (Å²) >= 11 is 9.44. The van der Waals surface area contributed by atoms with Crippen LogP contribution in [-0.4, -0.2) is 35.3 Å². The first-order valence-corrected chi connectivity index (χ1v) is 10.3. The third-order valence-electron chi connectivity index (χ3n) is 3.48. The summed E-state index contributed by atoms with van der Waals surface area (Å²) in [6.45, 7) is 0. The summed E-state index contributed by atoms with van der Waals surface area (Å²) in [6.07, 6.45) is 3.94. The van der Waals surface area contributed by atoms with Crippen molar-refractivity contribution in [1.82, 2.24) is 14.8 Å². The molecular weight excluding hydrogens is 444 g/mol. The number of carbonyl (C=O) groups is 1. The lowest BCUT2D eigenvalue weighted by molar-refractivity contribution is 0.102. The van der Waals surface area contributed by atoms with Crippen LogP contribution >= 0.6 is 27.5 Å². The van der Waals surface area contributed by atoms with Crippen LogP contribution < -0.4 is 5.32 Å². The van der Waals surface area contributed by atoms with Crippen LogP contribution in [0.1, 0.15) is 10.4 Å². The van der Waals surface area contributed by atoms with Gasteiger partial charge in [-0.2, -0.15) is 5.10 Å². The molecule has 1 heterocycles. The van der Waals surface area contributed by atoms with E-state index in [0.29, 0.717) is 11.4 Å². The smallest absolute Gasteiger partial charge is 0.257 e.